The standard InChI is InChI=1S/C14H21N3O/c1-4-9-18-13-8-6-5-7-12(13)10-16-14(15)17-11(2)3/h4-8,11H,1,9-10H2,2-3H3,(H3,15,16,17). The lowest BCUT2D eigenvalue weighted by atomic mass is 10.2. The van der Waals surface area contributed by atoms with Crippen LogP contribution in [0.4, 0.5) is 0 Å². The third kappa shape index (κ3) is 4.91. The highest BCUT2D eigenvalue weighted by atomic mass is 16.5. The van der Waals surface area contributed by atoms with Crippen LogP contribution in [-0.4, -0.2) is 18.6 Å². The van der Waals surface area contributed by atoms with Crippen molar-refractivity contribution in [3.05, 3.63) is 42.5 Å². The lowest BCUT2D eigenvalue weighted by molar-refractivity contribution is 0.359. The van der Waals surface area contributed by atoms with Crippen molar-refractivity contribution in [3.8, 4) is 5.75 Å². The van der Waals surface area contributed by atoms with Gasteiger partial charge in [-0.25, -0.2) is 4.99 Å². The van der Waals surface area contributed by atoms with Crippen molar-refractivity contribution in [2.24, 2.45) is 10.7 Å². The SMILES string of the molecule is C=CCOc1ccccc1CN=C(N)NC(C)C. The van der Waals surface area contributed by atoms with E-state index in [0.717, 1.165) is 11.3 Å². The van der Waals surface area contributed by atoms with Gasteiger partial charge in [-0.05, 0) is 19.9 Å². The number of hydrogen-bond donors (Lipinski definition) is 2. The average molecular weight is 247 g/mol. The van der Waals surface area contributed by atoms with Crippen molar-refractivity contribution in [2.75, 3.05) is 6.61 Å². The summed E-state index contributed by atoms with van der Waals surface area (Å²) in [6.45, 7) is 8.65. The van der Waals surface area contributed by atoms with Crippen molar-refractivity contribution in [1.82, 2.24) is 5.32 Å². The molecule has 3 N–H and O–H groups in total. The number of benzene rings is 1. The molecule has 1 rings (SSSR count). The smallest absolute Gasteiger partial charge is 0.189 e. The Balaban J connectivity index is 2.68. The summed E-state index contributed by atoms with van der Waals surface area (Å²) in [5.74, 6) is 1.27. The summed E-state index contributed by atoms with van der Waals surface area (Å²) in [5.41, 5.74) is 6.76. The highest BCUT2D eigenvalue weighted by Crippen LogP contribution is 2.18. The normalized spacial score (nSPS) is 11.4. The number of ether oxygens (including phenoxy) is 1. The van der Waals surface area contributed by atoms with E-state index < -0.39 is 0 Å². The first-order chi connectivity index (χ1) is 8.63. The number of nitrogens with two attached hydrogens (primary N) is 1. The van der Waals surface area contributed by atoms with Gasteiger partial charge in [0, 0.05) is 11.6 Å². The minimum atomic E-state index is 0.279. The van der Waals surface area contributed by atoms with Gasteiger partial charge in [-0.3, -0.25) is 0 Å². The second-order valence-electron chi connectivity index (χ2n) is 4.21. The van der Waals surface area contributed by atoms with Gasteiger partial charge in [0.2, 0.25) is 0 Å². The fraction of sp³-hybridized carbons (Fsp3) is 0.357. The molecule has 0 atom stereocenters. The van der Waals surface area contributed by atoms with Crippen LogP contribution in [0.2, 0.25) is 0 Å². The van der Waals surface area contributed by atoms with E-state index in [2.05, 4.69) is 16.9 Å². The molecule has 0 aliphatic heterocycles. The van der Waals surface area contributed by atoms with E-state index in [9.17, 15) is 0 Å². The van der Waals surface area contributed by atoms with Gasteiger partial charge < -0.3 is 15.8 Å². The van der Waals surface area contributed by atoms with E-state index in [1.54, 1.807) is 6.08 Å². The summed E-state index contributed by atoms with van der Waals surface area (Å²) in [6.07, 6.45) is 1.72. The van der Waals surface area contributed by atoms with E-state index in [1.807, 2.05) is 38.1 Å². The number of nitrogens with one attached hydrogen (secondary N) is 1. The maximum atomic E-state index is 5.75. The van der Waals surface area contributed by atoms with Crippen LogP contribution in [0.25, 0.3) is 0 Å². The first-order valence-electron chi connectivity index (χ1n) is 6.01. The Morgan fingerprint density at radius 2 is 2.22 bits per heavy atom. The Hall–Kier alpha value is -1.97. The zero-order valence-corrected chi connectivity index (χ0v) is 11.0. The van der Waals surface area contributed by atoms with Crippen molar-refractivity contribution in [3.63, 3.8) is 0 Å². The van der Waals surface area contributed by atoms with E-state index in [-0.39, 0.29) is 6.04 Å². The molecular formula is C14H21N3O. The summed E-state index contributed by atoms with van der Waals surface area (Å²) < 4.78 is 5.55. The number of nitrogens with zero attached hydrogens (tertiary/aromatic N) is 1. The van der Waals surface area contributed by atoms with Crippen LogP contribution in [-0.2, 0) is 6.54 Å². The van der Waals surface area contributed by atoms with Gasteiger partial charge >= 0.3 is 0 Å². The molecule has 0 heterocycles. The van der Waals surface area contributed by atoms with Crippen molar-refractivity contribution in [2.45, 2.75) is 26.4 Å². The fourth-order valence-electron chi connectivity index (χ4n) is 1.44. The monoisotopic (exact) mass is 247 g/mol. The van der Waals surface area contributed by atoms with Crippen LogP contribution in [0.1, 0.15) is 19.4 Å². The number of aliphatic imine (C=N–C) groups is 1. The Morgan fingerprint density at radius 3 is 2.89 bits per heavy atom. The Morgan fingerprint density at radius 1 is 1.50 bits per heavy atom. The largest absolute Gasteiger partial charge is 0.489 e. The van der Waals surface area contributed by atoms with E-state index in [1.165, 1.54) is 0 Å². The highest BCUT2D eigenvalue weighted by Gasteiger charge is 2.02. The molecule has 0 spiro atoms. The molecule has 4 heteroatoms. The number of guanidine groups is 1. The van der Waals surface area contributed by atoms with Crippen LogP contribution in [0.15, 0.2) is 41.9 Å². The first kappa shape index (κ1) is 14.1. The van der Waals surface area contributed by atoms with Crippen molar-refractivity contribution in [1.29, 1.82) is 0 Å². The average Bonchev–Trinajstić information content (AvgIpc) is 2.34. The second-order valence-corrected chi connectivity index (χ2v) is 4.21. The molecule has 0 aliphatic rings. The molecule has 4 nitrogen and oxygen atoms in total. The van der Waals surface area contributed by atoms with Gasteiger partial charge in [-0.1, -0.05) is 30.9 Å². The van der Waals surface area contributed by atoms with Crippen molar-refractivity contribution < 1.29 is 4.74 Å². The zero-order chi connectivity index (χ0) is 13.4. The first-order valence-corrected chi connectivity index (χ1v) is 6.01. The fourth-order valence-corrected chi connectivity index (χ4v) is 1.44. The quantitative estimate of drug-likeness (QED) is 0.459. The number of hydrogen-bond acceptors (Lipinski definition) is 2. The number of para-hydroxylation sites is 1. The van der Waals surface area contributed by atoms with Crippen LogP contribution in [0.5, 0.6) is 5.75 Å². The van der Waals surface area contributed by atoms with Gasteiger partial charge in [0.25, 0.3) is 0 Å². The van der Waals surface area contributed by atoms with Gasteiger partial charge in [0.15, 0.2) is 5.96 Å². The van der Waals surface area contributed by atoms with Gasteiger partial charge in [-0.15, -0.1) is 0 Å². The molecule has 18 heavy (non-hydrogen) atoms. The van der Waals surface area contributed by atoms with Crippen LogP contribution in [0.3, 0.4) is 0 Å². The molecule has 0 aromatic heterocycles. The maximum absolute atomic E-state index is 5.75. The van der Waals surface area contributed by atoms with E-state index in [4.69, 9.17) is 10.5 Å². The number of rotatable bonds is 6. The molecule has 0 aliphatic carbocycles. The molecule has 1 aromatic carbocycles. The van der Waals surface area contributed by atoms with E-state index >= 15 is 0 Å². The summed E-state index contributed by atoms with van der Waals surface area (Å²) in [6, 6.07) is 8.06. The predicted molar refractivity (Wildman–Crippen MR) is 75.7 cm³/mol. The summed E-state index contributed by atoms with van der Waals surface area (Å²) in [4.78, 5) is 4.28. The minimum Gasteiger partial charge on any atom is -0.489 e. The van der Waals surface area contributed by atoms with Crippen LogP contribution in [0, 0.1) is 0 Å². The molecule has 0 radical (unpaired) electrons. The van der Waals surface area contributed by atoms with E-state index in [0.29, 0.717) is 19.1 Å². The molecule has 0 saturated carbocycles. The zero-order valence-electron chi connectivity index (χ0n) is 11.0. The van der Waals surface area contributed by atoms with Crippen LogP contribution >= 0.6 is 0 Å². The lowest BCUT2D eigenvalue weighted by Crippen LogP contribution is -2.36. The highest BCUT2D eigenvalue weighted by molar-refractivity contribution is 5.78. The Kier molecular flexibility index (Phi) is 5.77. The molecule has 0 saturated heterocycles. The molecule has 0 amide bonds. The summed E-state index contributed by atoms with van der Waals surface area (Å²) in [5, 5.41) is 3.05. The molecule has 0 unspecified atom stereocenters. The molecule has 98 valence electrons. The summed E-state index contributed by atoms with van der Waals surface area (Å²) in [7, 11) is 0. The van der Waals surface area contributed by atoms with Gasteiger partial charge in [0.05, 0.1) is 6.54 Å². The van der Waals surface area contributed by atoms with Gasteiger partial charge in [0.1, 0.15) is 12.4 Å². The molecule has 0 fully saturated rings. The lowest BCUT2D eigenvalue weighted by Gasteiger charge is -2.10. The Bertz CT molecular complexity index is 413. The second kappa shape index (κ2) is 7.37. The van der Waals surface area contributed by atoms with Crippen molar-refractivity contribution >= 4 is 5.96 Å². The van der Waals surface area contributed by atoms with Gasteiger partial charge in [-0.2, -0.15) is 0 Å². The third-order valence-corrected chi connectivity index (χ3v) is 2.19. The predicted octanol–water partition coefficient (Wildman–Crippen LogP) is 2.06. The summed E-state index contributed by atoms with van der Waals surface area (Å²) >= 11 is 0. The Labute approximate surface area is 109 Å². The minimum absolute atomic E-state index is 0.279. The molecule has 1 aromatic rings. The topological polar surface area (TPSA) is 59.6 Å². The van der Waals surface area contributed by atoms with Crippen LogP contribution < -0.4 is 15.8 Å². The molecular weight excluding hydrogens is 226 g/mol. The third-order valence-electron chi connectivity index (χ3n) is 2.19. The maximum Gasteiger partial charge on any atom is 0.189 e. The molecule has 0 bridgehead atoms.